The Morgan fingerprint density at radius 2 is 2.00 bits per heavy atom. The van der Waals surface area contributed by atoms with Crippen molar-refractivity contribution < 1.29 is 31.8 Å². The molecule has 1 saturated heterocycles. The van der Waals surface area contributed by atoms with Gasteiger partial charge in [0, 0.05) is 6.54 Å². The maximum absolute atomic E-state index is 12.8. The van der Waals surface area contributed by atoms with Gasteiger partial charge in [-0.2, -0.15) is 4.31 Å². The Labute approximate surface area is 144 Å². The summed E-state index contributed by atoms with van der Waals surface area (Å²) >= 11 is 5.91. The third-order valence-corrected chi connectivity index (χ3v) is 7.92. The predicted molar refractivity (Wildman–Crippen MR) is 86.4 cm³/mol. The number of nitrogens with zero attached hydrogens (tertiary/aromatic N) is 1. The van der Waals surface area contributed by atoms with Gasteiger partial charge in [0.1, 0.15) is 4.90 Å². The number of aliphatic hydroxyl groups excluding tert-OH is 1. The summed E-state index contributed by atoms with van der Waals surface area (Å²) in [5.74, 6) is -2.35. The van der Waals surface area contributed by atoms with Gasteiger partial charge in [0.05, 0.1) is 34.2 Å². The molecule has 1 aliphatic rings. The fourth-order valence-electron chi connectivity index (χ4n) is 2.63. The molecule has 0 bridgehead atoms. The molecule has 0 spiro atoms. The van der Waals surface area contributed by atoms with E-state index in [-0.39, 0.29) is 17.1 Å². The van der Waals surface area contributed by atoms with Crippen LogP contribution in [0.3, 0.4) is 0 Å². The number of carboxylic acids is 1. The highest BCUT2D eigenvalue weighted by molar-refractivity contribution is 7.92. The van der Waals surface area contributed by atoms with Crippen molar-refractivity contribution in [3.8, 4) is 0 Å². The third kappa shape index (κ3) is 3.57. The van der Waals surface area contributed by atoms with Crippen LogP contribution in [-0.4, -0.2) is 67.5 Å². The lowest BCUT2D eigenvalue weighted by Crippen LogP contribution is -2.46. The van der Waals surface area contributed by atoms with Gasteiger partial charge in [0.2, 0.25) is 10.0 Å². The second-order valence-electron chi connectivity index (χ2n) is 5.37. The van der Waals surface area contributed by atoms with Crippen molar-refractivity contribution in [2.24, 2.45) is 0 Å². The van der Waals surface area contributed by atoms with Crippen molar-refractivity contribution in [2.75, 3.05) is 18.1 Å². The maximum Gasteiger partial charge on any atom is 0.335 e. The molecule has 0 amide bonds. The summed E-state index contributed by atoms with van der Waals surface area (Å²) in [6.07, 6.45) is -1.36. The molecule has 0 radical (unpaired) electrons. The van der Waals surface area contributed by atoms with Gasteiger partial charge in [-0.15, -0.1) is 0 Å². The monoisotopic (exact) mass is 397 g/mol. The SMILES string of the molecule is CCN([C@H]1CS(=O)(=O)C[C@@H]1O)S(=O)(=O)c1cc(C(=O)O)ccc1Cl. The molecule has 2 rings (SSSR count). The Hall–Kier alpha value is -1.20. The molecule has 0 aliphatic carbocycles. The number of sulfonamides is 1. The van der Waals surface area contributed by atoms with Gasteiger partial charge in [0.15, 0.2) is 9.84 Å². The quantitative estimate of drug-likeness (QED) is 0.726. The van der Waals surface area contributed by atoms with E-state index in [4.69, 9.17) is 16.7 Å². The smallest absolute Gasteiger partial charge is 0.335 e. The molecule has 0 aromatic heterocycles. The highest BCUT2D eigenvalue weighted by atomic mass is 35.5. The van der Waals surface area contributed by atoms with Gasteiger partial charge < -0.3 is 10.2 Å². The van der Waals surface area contributed by atoms with Crippen LogP contribution in [-0.2, 0) is 19.9 Å². The number of carboxylic acid groups (broad SMARTS) is 1. The van der Waals surface area contributed by atoms with Crippen LogP contribution in [0.1, 0.15) is 17.3 Å². The Bertz CT molecular complexity index is 866. The van der Waals surface area contributed by atoms with Crippen molar-refractivity contribution in [1.29, 1.82) is 0 Å². The minimum absolute atomic E-state index is 0.104. The molecule has 0 unspecified atom stereocenters. The van der Waals surface area contributed by atoms with E-state index in [9.17, 15) is 26.7 Å². The van der Waals surface area contributed by atoms with E-state index in [2.05, 4.69) is 0 Å². The number of rotatable bonds is 5. The standard InChI is InChI=1S/C13H16ClNO7S2/c1-2-15(10-6-23(19,20)7-11(10)16)24(21,22)12-5-8(13(17)18)3-4-9(12)14/h3-5,10-11,16H,2,6-7H2,1H3,(H,17,18)/t10-,11-/m0/s1. The summed E-state index contributed by atoms with van der Waals surface area (Å²) in [6.45, 7) is 1.39. The molecular weight excluding hydrogens is 382 g/mol. The van der Waals surface area contributed by atoms with E-state index in [1.807, 2.05) is 0 Å². The van der Waals surface area contributed by atoms with Crippen molar-refractivity contribution in [1.82, 2.24) is 4.31 Å². The third-order valence-electron chi connectivity index (χ3n) is 3.74. The molecule has 1 heterocycles. The van der Waals surface area contributed by atoms with Crippen LogP contribution in [0.2, 0.25) is 5.02 Å². The molecular formula is C13H16ClNO7S2. The highest BCUT2D eigenvalue weighted by Gasteiger charge is 2.44. The summed E-state index contributed by atoms with van der Waals surface area (Å²) in [5, 5.41) is 18.8. The molecule has 11 heteroatoms. The molecule has 2 N–H and O–H groups in total. The lowest BCUT2D eigenvalue weighted by atomic mass is 10.2. The molecule has 1 fully saturated rings. The molecule has 134 valence electrons. The fourth-order valence-corrected chi connectivity index (χ4v) is 6.69. The first-order valence-corrected chi connectivity index (χ1v) is 10.6. The highest BCUT2D eigenvalue weighted by Crippen LogP contribution is 2.30. The van der Waals surface area contributed by atoms with Crippen LogP contribution >= 0.6 is 11.6 Å². The number of halogens is 1. The van der Waals surface area contributed by atoms with Crippen molar-refractivity contribution in [3.63, 3.8) is 0 Å². The first-order valence-electron chi connectivity index (χ1n) is 6.93. The van der Waals surface area contributed by atoms with E-state index in [0.29, 0.717) is 0 Å². The number of hydrogen-bond donors (Lipinski definition) is 2. The van der Waals surface area contributed by atoms with Crippen molar-refractivity contribution >= 4 is 37.4 Å². The summed E-state index contributed by atoms with van der Waals surface area (Å²) in [4.78, 5) is 10.6. The van der Waals surface area contributed by atoms with Crippen LogP contribution in [0, 0.1) is 0 Å². The second-order valence-corrected chi connectivity index (χ2v) is 9.79. The van der Waals surface area contributed by atoms with Crippen LogP contribution in [0.5, 0.6) is 0 Å². The lowest BCUT2D eigenvalue weighted by molar-refractivity contribution is 0.0696. The molecule has 24 heavy (non-hydrogen) atoms. The first-order chi connectivity index (χ1) is 11.0. The topological polar surface area (TPSA) is 129 Å². The van der Waals surface area contributed by atoms with Crippen LogP contribution in [0.25, 0.3) is 0 Å². The minimum atomic E-state index is -4.29. The zero-order valence-electron chi connectivity index (χ0n) is 12.6. The number of carbonyl (C=O) groups is 1. The second kappa shape index (κ2) is 6.60. The zero-order valence-corrected chi connectivity index (χ0v) is 15.0. The van der Waals surface area contributed by atoms with Crippen LogP contribution < -0.4 is 0 Å². The average molecular weight is 398 g/mol. The van der Waals surface area contributed by atoms with Crippen molar-refractivity contribution in [3.05, 3.63) is 28.8 Å². The van der Waals surface area contributed by atoms with E-state index in [1.165, 1.54) is 6.92 Å². The normalized spacial score (nSPS) is 23.5. The maximum atomic E-state index is 12.8. The number of benzene rings is 1. The molecule has 8 nitrogen and oxygen atoms in total. The Morgan fingerprint density at radius 3 is 2.46 bits per heavy atom. The number of hydrogen-bond acceptors (Lipinski definition) is 6. The number of likely N-dealkylation sites (N-methyl/N-ethyl adjacent to an activating group) is 1. The predicted octanol–water partition coefficient (Wildman–Crippen LogP) is 0.207. The lowest BCUT2D eigenvalue weighted by Gasteiger charge is -2.28. The van der Waals surface area contributed by atoms with E-state index >= 15 is 0 Å². The van der Waals surface area contributed by atoms with Crippen molar-refractivity contribution in [2.45, 2.75) is 24.0 Å². The van der Waals surface area contributed by atoms with E-state index < -0.39 is 54.4 Å². The summed E-state index contributed by atoms with van der Waals surface area (Å²) in [6, 6.07) is 2.08. The number of sulfone groups is 1. The first kappa shape index (κ1) is 19.1. The van der Waals surface area contributed by atoms with E-state index in [0.717, 1.165) is 22.5 Å². The van der Waals surface area contributed by atoms with Crippen LogP contribution in [0.15, 0.2) is 23.1 Å². The molecule has 1 aromatic carbocycles. The molecule has 2 atom stereocenters. The minimum Gasteiger partial charge on any atom is -0.478 e. The fraction of sp³-hybridized carbons (Fsp3) is 0.462. The van der Waals surface area contributed by atoms with E-state index in [1.54, 1.807) is 0 Å². The summed E-state index contributed by atoms with van der Waals surface area (Å²) in [7, 11) is -7.85. The number of aromatic carboxylic acids is 1. The Kier molecular flexibility index (Phi) is 5.26. The number of aliphatic hydroxyl groups is 1. The van der Waals surface area contributed by atoms with Gasteiger partial charge in [-0.05, 0) is 18.2 Å². The Morgan fingerprint density at radius 1 is 1.38 bits per heavy atom. The molecule has 1 aliphatic heterocycles. The molecule has 1 aromatic rings. The summed E-state index contributed by atoms with van der Waals surface area (Å²) in [5.41, 5.74) is -0.270. The molecule has 0 saturated carbocycles. The average Bonchev–Trinajstić information content (AvgIpc) is 2.72. The van der Waals surface area contributed by atoms with Gasteiger partial charge in [-0.1, -0.05) is 18.5 Å². The van der Waals surface area contributed by atoms with Gasteiger partial charge >= 0.3 is 5.97 Å². The van der Waals surface area contributed by atoms with Gasteiger partial charge in [-0.25, -0.2) is 21.6 Å². The van der Waals surface area contributed by atoms with Gasteiger partial charge in [0.25, 0.3) is 0 Å². The summed E-state index contributed by atoms with van der Waals surface area (Å²) < 4.78 is 49.9. The largest absolute Gasteiger partial charge is 0.478 e. The zero-order chi connectivity index (χ0) is 18.3. The van der Waals surface area contributed by atoms with Crippen LogP contribution in [0.4, 0.5) is 0 Å². The van der Waals surface area contributed by atoms with Gasteiger partial charge in [-0.3, -0.25) is 0 Å². The Balaban J connectivity index is 2.52.